The van der Waals surface area contributed by atoms with Gasteiger partial charge < -0.3 is 11.3 Å². The molecule has 7 nitrogen and oxygen atoms in total. The molecule has 0 aromatic carbocycles. The van der Waals surface area contributed by atoms with E-state index >= 15 is 0 Å². The van der Waals surface area contributed by atoms with Crippen LogP contribution in [0.4, 0.5) is 4.79 Å². The van der Waals surface area contributed by atoms with Crippen molar-refractivity contribution in [2.75, 3.05) is 6.54 Å². The first kappa shape index (κ1) is 11.4. The van der Waals surface area contributed by atoms with E-state index in [9.17, 15) is 14.9 Å². The van der Waals surface area contributed by atoms with E-state index in [2.05, 4.69) is 0 Å². The van der Waals surface area contributed by atoms with E-state index in [4.69, 9.17) is 5.11 Å². The van der Waals surface area contributed by atoms with Crippen LogP contribution >= 0.6 is 0 Å². The van der Waals surface area contributed by atoms with Gasteiger partial charge >= 0.3 is 6.09 Å². The van der Waals surface area contributed by atoms with Crippen LogP contribution in [0.15, 0.2) is 0 Å². The molecule has 0 atom stereocenters. The fourth-order valence-electron chi connectivity index (χ4n) is 0.321. The van der Waals surface area contributed by atoms with E-state index in [1.165, 1.54) is 6.92 Å². The molecule has 60 valence electrons. The molecule has 0 saturated carbocycles. The third kappa shape index (κ3) is 2.82. The number of carboxylic acid groups (broad SMARTS) is 1. The highest BCUT2D eigenvalue weighted by Gasteiger charge is 2.19. The van der Waals surface area contributed by atoms with Crippen molar-refractivity contribution in [3.63, 3.8) is 0 Å². The van der Waals surface area contributed by atoms with Gasteiger partial charge in [0.2, 0.25) is 0 Å². The van der Waals surface area contributed by atoms with Gasteiger partial charge in [0, 0.05) is 0 Å². The van der Waals surface area contributed by atoms with Crippen LogP contribution in [0.25, 0.3) is 0 Å². The van der Waals surface area contributed by atoms with Crippen molar-refractivity contribution in [1.82, 2.24) is 11.2 Å². The quantitative estimate of drug-likeness (QED) is 0.435. The summed E-state index contributed by atoms with van der Waals surface area (Å²) in [6, 6.07) is 0. The number of hydrogen-bond acceptors (Lipinski definition) is 4. The minimum atomic E-state index is -1.54. The van der Waals surface area contributed by atoms with Crippen LogP contribution in [0.1, 0.15) is 6.92 Å². The molecule has 0 heterocycles. The van der Waals surface area contributed by atoms with E-state index in [-0.39, 0.29) is 17.7 Å². The van der Waals surface area contributed by atoms with Gasteiger partial charge in [-0.05, 0) is 11.9 Å². The summed E-state index contributed by atoms with van der Waals surface area (Å²) in [5.41, 5.74) is 0. The highest BCUT2D eigenvalue weighted by Crippen LogP contribution is 1.86. The van der Waals surface area contributed by atoms with Gasteiger partial charge in [-0.3, -0.25) is 0 Å². The Hall–Kier alpha value is -1.37. The predicted octanol–water partition coefficient (Wildman–Crippen LogP) is 0.340. The van der Waals surface area contributed by atoms with Crippen molar-refractivity contribution in [2.24, 2.45) is 0 Å². The number of hydrogen-bond donors (Lipinski definition) is 2. The molecule has 0 aromatic rings. The lowest BCUT2D eigenvalue weighted by atomic mass is 10.7. The van der Waals surface area contributed by atoms with Crippen LogP contribution in [0.3, 0.4) is 0 Å². The molecular formula is C3H9N3O4. The zero-order valence-electron chi connectivity index (χ0n) is 5.48. The Bertz CT molecular complexity index is 122. The largest absolute Gasteiger partial charge is 0.465 e. The Kier molecular flexibility index (Phi) is 5.15. The number of nitro groups is 1. The van der Waals surface area contributed by atoms with Crippen molar-refractivity contribution in [1.29, 1.82) is 0 Å². The molecule has 0 aliphatic carbocycles. The van der Waals surface area contributed by atoms with Gasteiger partial charge in [-0.1, -0.05) is 0 Å². The first-order chi connectivity index (χ1) is 4.09. The highest BCUT2D eigenvalue weighted by molar-refractivity contribution is 5.63. The fourth-order valence-corrected chi connectivity index (χ4v) is 0.321. The molecule has 0 radical (unpaired) electrons. The third-order valence-corrected chi connectivity index (χ3v) is 0.717. The predicted molar refractivity (Wildman–Crippen MR) is 32.4 cm³/mol. The summed E-state index contributed by atoms with van der Waals surface area (Å²) in [4.78, 5) is 19.6. The summed E-state index contributed by atoms with van der Waals surface area (Å²) in [5.74, 6) is 0. The van der Waals surface area contributed by atoms with Crippen molar-refractivity contribution in [2.45, 2.75) is 6.92 Å². The number of carbonyl (C=O) groups is 1. The van der Waals surface area contributed by atoms with Crippen LogP contribution in [-0.2, 0) is 0 Å². The van der Waals surface area contributed by atoms with E-state index < -0.39 is 11.1 Å². The monoisotopic (exact) mass is 151 g/mol. The van der Waals surface area contributed by atoms with E-state index in [0.29, 0.717) is 0 Å². The van der Waals surface area contributed by atoms with Crippen molar-refractivity contribution < 1.29 is 14.9 Å². The van der Waals surface area contributed by atoms with Crippen LogP contribution in [0.2, 0.25) is 0 Å². The molecule has 0 aliphatic heterocycles. The Balaban J connectivity index is 0. The zero-order valence-corrected chi connectivity index (χ0v) is 5.48. The lowest BCUT2D eigenvalue weighted by Crippen LogP contribution is -2.34. The van der Waals surface area contributed by atoms with Gasteiger partial charge in [-0.25, -0.2) is 14.9 Å². The van der Waals surface area contributed by atoms with E-state index in [0.717, 1.165) is 0 Å². The van der Waals surface area contributed by atoms with E-state index in [1.54, 1.807) is 0 Å². The molecule has 0 bridgehead atoms. The average molecular weight is 151 g/mol. The van der Waals surface area contributed by atoms with Gasteiger partial charge in [-0.2, -0.15) is 0 Å². The summed E-state index contributed by atoms with van der Waals surface area (Å²) >= 11 is 0. The summed E-state index contributed by atoms with van der Waals surface area (Å²) in [6.07, 6.45) is -1.54. The second kappa shape index (κ2) is 4.50. The molecule has 0 unspecified atom stereocenters. The summed E-state index contributed by atoms with van der Waals surface area (Å²) < 4.78 is 0. The molecule has 4 N–H and O–H groups in total. The second-order valence-electron chi connectivity index (χ2n) is 1.24. The maximum absolute atomic E-state index is 9.86. The van der Waals surface area contributed by atoms with Crippen LogP contribution in [-0.4, -0.2) is 27.8 Å². The minimum absolute atomic E-state index is 0. The molecule has 7 heteroatoms. The molecule has 0 spiro atoms. The standard InChI is InChI=1S/C3H6N2O4.H3N/c1-2-4(3(6)7)5(8)9;/h2H2,1H3,(H,6,7);1H3. The van der Waals surface area contributed by atoms with Gasteiger partial charge in [-0.15, -0.1) is 0 Å². The van der Waals surface area contributed by atoms with Gasteiger partial charge in [0.15, 0.2) is 5.03 Å². The molecule has 10 heavy (non-hydrogen) atoms. The topological polar surface area (TPSA) is 119 Å². The van der Waals surface area contributed by atoms with Crippen LogP contribution in [0.5, 0.6) is 0 Å². The molecule has 0 aliphatic rings. The number of rotatable bonds is 2. The Morgan fingerprint density at radius 1 is 1.80 bits per heavy atom. The second-order valence-corrected chi connectivity index (χ2v) is 1.24. The summed E-state index contributed by atoms with van der Waals surface area (Å²) in [6.45, 7) is 1.25. The normalized spacial score (nSPS) is 7.70. The Morgan fingerprint density at radius 3 is 2.20 bits per heavy atom. The maximum Gasteiger partial charge on any atom is 0.465 e. The van der Waals surface area contributed by atoms with Crippen LogP contribution < -0.4 is 6.15 Å². The number of hydrazine groups is 1. The highest BCUT2D eigenvalue weighted by atomic mass is 16.7. The lowest BCUT2D eigenvalue weighted by molar-refractivity contribution is -0.634. The molecule has 0 fully saturated rings. The molecule has 1 amide bonds. The van der Waals surface area contributed by atoms with Gasteiger partial charge in [0.05, 0.1) is 6.54 Å². The number of amides is 1. The third-order valence-electron chi connectivity index (χ3n) is 0.717. The van der Waals surface area contributed by atoms with Gasteiger partial charge in [0.25, 0.3) is 0 Å². The Labute approximate surface area is 56.9 Å². The van der Waals surface area contributed by atoms with Crippen molar-refractivity contribution in [3.05, 3.63) is 10.1 Å². The SMILES string of the molecule is CCN(C(=O)O)[N+](=O)[O-].N. The van der Waals surface area contributed by atoms with Crippen molar-refractivity contribution in [3.8, 4) is 0 Å². The summed E-state index contributed by atoms with van der Waals surface area (Å²) in [5, 5.41) is 16.9. The fraction of sp³-hybridized carbons (Fsp3) is 0.667. The molecular weight excluding hydrogens is 142 g/mol. The molecule has 0 saturated heterocycles. The number of nitrogens with zero attached hydrogens (tertiary/aromatic N) is 2. The van der Waals surface area contributed by atoms with E-state index in [1.807, 2.05) is 0 Å². The Morgan fingerprint density at radius 2 is 2.20 bits per heavy atom. The molecule has 0 aromatic heterocycles. The summed E-state index contributed by atoms with van der Waals surface area (Å²) in [7, 11) is 0. The van der Waals surface area contributed by atoms with Crippen LogP contribution in [0, 0.1) is 10.1 Å². The van der Waals surface area contributed by atoms with Gasteiger partial charge in [0.1, 0.15) is 0 Å². The maximum atomic E-state index is 9.86. The first-order valence-electron chi connectivity index (χ1n) is 2.24. The first-order valence-corrected chi connectivity index (χ1v) is 2.24. The minimum Gasteiger partial charge on any atom is -0.461 e. The van der Waals surface area contributed by atoms with Crippen molar-refractivity contribution >= 4 is 6.09 Å². The smallest absolute Gasteiger partial charge is 0.461 e. The molecule has 0 rings (SSSR count). The zero-order chi connectivity index (χ0) is 7.44. The average Bonchev–Trinajstić information content (AvgIpc) is 1.64. The lowest BCUT2D eigenvalue weighted by Gasteiger charge is -2.02.